The fraction of sp³-hybridized carbons (Fsp3) is 0.608. The summed E-state index contributed by atoms with van der Waals surface area (Å²) in [5, 5.41) is 0. The molecule has 0 saturated carbocycles. The van der Waals surface area contributed by atoms with Crippen molar-refractivity contribution < 1.29 is 28.6 Å². The Balaban J connectivity index is 4.32. The number of rotatable bonds is 57. The van der Waals surface area contributed by atoms with Gasteiger partial charge in [0.2, 0.25) is 0 Å². The lowest BCUT2D eigenvalue weighted by Crippen LogP contribution is -2.30. The SMILES string of the molecule is CC/C=C\C/C=C\C/C=C\C/C=C\C/C=C\C/C=C\C/C=C\C/C=C\CCCCCCCCCCC(=O)OCC(COC(=O)CCCCCCC/C=C\CCCCC)OC(=O)CCCCCC/C=C\C/C=C\C/C=C\C/C=C\CC. The first-order valence-electron chi connectivity index (χ1n) is 32.5. The Hall–Kier alpha value is -4.97. The Bertz CT molecular complexity index is 1790. The summed E-state index contributed by atoms with van der Waals surface area (Å²) < 4.78 is 16.9. The van der Waals surface area contributed by atoms with Crippen LogP contribution in [-0.2, 0) is 28.6 Å². The fourth-order valence-electron chi connectivity index (χ4n) is 8.44. The van der Waals surface area contributed by atoms with Gasteiger partial charge in [-0.3, -0.25) is 14.4 Å². The standard InChI is InChI=1S/C74H118O6/c1-4-7-10-13-16-19-22-25-27-29-30-31-32-33-34-35-36-37-38-39-40-41-42-43-44-46-47-49-52-55-58-61-64-67-73(76)79-70-71(69-78-72(75)66-63-60-57-54-51-24-21-18-15-12-9-6-3)80-74(77)68-65-62-59-56-53-50-48-45-28-26-23-20-17-14-11-8-5-2/h7-8,10-11,16-21,25-28,30-31,33-34,36-37,39-40,42-43,48,50,71H,4-6,9,12-15,22-24,29,32,35,38,41,44-47,49,51-70H2,1-3H3/b10-7-,11-8-,19-16-,20-17-,21-18-,27-25-,28-26-,31-30-,34-33-,37-36-,40-39-,43-42-,50-48-. The van der Waals surface area contributed by atoms with Crippen LogP contribution in [0.5, 0.6) is 0 Å². The summed E-state index contributed by atoms with van der Waals surface area (Å²) in [6.07, 6.45) is 96.8. The Labute approximate surface area is 492 Å². The minimum Gasteiger partial charge on any atom is -0.462 e. The molecule has 0 spiro atoms. The van der Waals surface area contributed by atoms with Gasteiger partial charge in [-0.25, -0.2) is 0 Å². The normalized spacial score (nSPS) is 13.2. The van der Waals surface area contributed by atoms with Crippen LogP contribution < -0.4 is 0 Å². The maximum Gasteiger partial charge on any atom is 0.306 e. The molecule has 6 heteroatoms. The van der Waals surface area contributed by atoms with Crippen LogP contribution in [0.25, 0.3) is 0 Å². The van der Waals surface area contributed by atoms with E-state index in [9.17, 15) is 14.4 Å². The molecule has 80 heavy (non-hydrogen) atoms. The molecule has 0 aromatic rings. The summed E-state index contributed by atoms with van der Waals surface area (Å²) in [6.45, 7) is 6.35. The van der Waals surface area contributed by atoms with E-state index in [-0.39, 0.29) is 31.1 Å². The topological polar surface area (TPSA) is 78.9 Å². The number of hydrogen-bond acceptors (Lipinski definition) is 6. The van der Waals surface area contributed by atoms with E-state index in [2.05, 4.69) is 179 Å². The zero-order valence-corrected chi connectivity index (χ0v) is 51.5. The fourth-order valence-corrected chi connectivity index (χ4v) is 8.44. The van der Waals surface area contributed by atoms with E-state index in [0.717, 1.165) is 167 Å². The molecule has 0 fully saturated rings. The predicted molar refractivity (Wildman–Crippen MR) is 348 cm³/mol. The first kappa shape index (κ1) is 75.0. The van der Waals surface area contributed by atoms with E-state index in [1.54, 1.807) is 0 Å². The van der Waals surface area contributed by atoms with Crippen LogP contribution in [-0.4, -0.2) is 37.2 Å². The molecule has 0 amide bonds. The first-order chi connectivity index (χ1) is 39.5. The van der Waals surface area contributed by atoms with E-state index >= 15 is 0 Å². The van der Waals surface area contributed by atoms with Crippen molar-refractivity contribution in [3.63, 3.8) is 0 Å². The van der Waals surface area contributed by atoms with Crippen LogP contribution in [0.2, 0.25) is 0 Å². The van der Waals surface area contributed by atoms with E-state index in [1.807, 2.05) is 0 Å². The van der Waals surface area contributed by atoms with Crippen molar-refractivity contribution in [2.75, 3.05) is 13.2 Å². The van der Waals surface area contributed by atoms with E-state index in [4.69, 9.17) is 14.2 Å². The average Bonchev–Trinajstić information content (AvgIpc) is 3.46. The van der Waals surface area contributed by atoms with Gasteiger partial charge in [-0.15, -0.1) is 0 Å². The van der Waals surface area contributed by atoms with Gasteiger partial charge in [0.1, 0.15) is 13.2 Å². The molecule has 0 aromatic heterocycles. The number of ether oxygens (including phenoxy) is 3. The summed E-state index contributed by atoms with van der Waals surface area (Å²) in [6, 6.07) is 0. The van der Waals surface area contributed by atoms with E-state index in [0.29, 0.717) is 19.3 Å². The van der Waals surface area contributed by atoms with Crippen LogP contribution in [0, 0.1) is 0 Å². The van der Waals surface area contributed by atoms with Crippen LogP contribution >= 0.6 is 0 Å². The maximum atomic E-state index is 12.9. The molecule has 0 aromatic carbocycles. The van der Waals surface area contributed by atoms with Gasteiger partial charge in [-0.05, 0) is 148 Å². The molecular weight excluding hydrogens is 985 g/mol. The third-order valence-corrected chi connectivity index (χ3v) is 13.2. The van der Waals surface area contributed by atoms with Crippen LogP contribution in [0.1, 0.15) is 271 Å². The molecule has 0 saturated heterocycles. The van der Waals surface area contributed by atoms with Gasteiger partial charge in [-0.2, -0.15) is 0 Å². The molecule has 0 N–H and O–H groups in total. The second-order valence-electron chi connectivity index (χ2n) is 20.9. The molecule has 0 aliphatic carbocycles. The van der Waals surface area contributed by atoms with Gasteiger partial charge in [0.15, 0.2) is 6.10 Å². The number of carbonyl (C=O) groups is 3. The van der Waals surface area contributed by atoms with Crippen molar-refractivity contribution in [2.24, 2.45) is 0 Å². The molecule has 1 unspecified atom stereocenters. The summed E-state index contributed by atoms with van der Waals surface area (Å²) in [7, 11) is 0. The van der Waals surface area contributed by atoms with Crippen molar-refractivity contribution in [3.05, 3.63) is 158 Å². The molecule has 0 aliphatic heterocycles. The zero-order chi connectivity index (χ0) is 57.8. The van der Waals surface area contributed by atoms with Crippen LogP contribution in [0.4, 0.5) is 0 Å². The van der Waals surface area contributed by atoms with Crippen LogP contribution in [0.3, 0.4) is 0 Å². The summed E-state index contributed by atoms with van der Waals surface area (Å²) in [4.78, 5) is 38.3. The Morgan fingerprint density at radius 2 is 0.487 bits per heavy atom. The number of esters is 3. The van der Waals surface area contributed by atoms with Crippen molar-refractivity contribution in [1.29, 1.82) is 0 Å². The van der Waals surface area contributed by atoms with Gasteiger partial charge >= 0.3 is 17.9 Å². The number of unbranched alkanes of at least 4 members (excludes halogenated alkanes) is 20. The van der Waals surface area contributed by atoms with Gasteiger partial charge in [0.05, 0.1) is 0 Å². The van der Waals surface area contributed by atoms with Crippen LogP contribution in [0.15, 0.2) is 158 Å². The Kier molecular flexibility index (Phi) is 62.4. The van der Waals surface area contributed by atoms with Gasteiger partial charge in [0, 0.05) is 19.3 Å². The molecule has 450 valence electrons. The molecule has 0 radical (unpaired) electrons. The molecule has 0 rings (SSSR count). The van der Waals surface area contributed by atoms with Crippen molar-refractivity contribution in [3.8, 4) is 0 Å². The Morgan fingerprint density at radius 1 is 0.263 bits per heavy atom. The third kappa shape index (κ3) is 63.9. The Morgan fingerprint density at radius 3 is 0.775 bits per heavy atom. The van der Waals surface area contributed by atoms with Gasteiger partial charge in [0.25, 0.3) is 0 Å². The summed E-state index contributed by atoms with van der Waals surface area (Å²) in [5.74, 6) is -0.944. The second-order valence-corrected chi connectivity index (χ2v) is 20.9. The number of carbonyl (C=O) groups excluding carboxylic acids is 3. The molecular formula is C74H118O6. The molecule has 6 nitrogen and oxygen atoms in total. The lowest BCUT2D eigenvalue weighted by Gasteiger charge is -2.18. The zero-order valence-electron chi connectivity index (χ0n) is 51.5. The highest BCUT2D eigenvalue weighted by molar-refractivity contribution is 5.71. The van der Waals surface area contributed by atoms with E-state index in [1.165, 1.54) is 64.2 Å². The van der Waals surface area contributed by atoms with Gasteiger partial charge in [-0.1, -0.05) is 262 Å². The lowest BCUT2D eigenvalue weighted by molar-refractivity contribution is -0.167. The first-order valence-corrected chi connectivity index (χ1v) is 32.5. The lowest BCUT2D eigenvalue weighted by atomic mass is 10.1. The molecule has 1 atom stereocenters. The molecule has 0 heterocycles. The highest BCUT2D eigenvalue weighted by Crippen LogP contribution is 2.14. The highest BCUT2D eigenvalue weighted by Gasteiger charge is 2.19. The molecule has 0 bridgehead atoms. The number of allylic oxidation sites excluding steroid dienone is 26. The monoisotopic (exact) mass is 1100 g/mol. The quantitative estimate of drug-likeness (QED) is 0.0261. The largest absolute Gasteiger partial charge is 0.462 e. The summed E-state index contributed by atoms with van der Waals surface area (Å²) in [5.41, 5.74) is 0. The minimum atomic E-state index is -0.805. The van der Waals surface area contributed by atoms with Crippen molar-refractivity contribution in [1.82, 2.24) is 0 Å². The van der Waals surface area contributed by atoms with E-state index < -0.39 is 6.10 Å². The van der Waals surface area contributed by atoms with Crippen molar-refractivity contribution >= 4 is 17.9 Å². The predicted octanol–water partition coefficient (Wildman–Crippen LogP) is 22.5. The smallest absolute Gasteiger partial charge is 0.306 e. The molecule has 0 aliphatic rings. The third-order valence-electron chi connectivity index (χ3n) is 13.2. The van der Waals surface area contributed by atoms with Crippen molar-refractivity contribution in [2.45, 2.75) is 277 Å². The minimum absolute atomic E-state index is 0.0999. The second kappa shape index (κ2) is 66.5. The number of hydrogen-bond donors (Lipinski definition) is 0. The average molecular weight is 1100 g/mol. The summed E-state index contributed by atoms with van der Waals surface area (Å²) >= 11 is 0. The maximum absolute atomic E-state index is 12.9. The van der Waals surface area contributed by atoms with Gasteiger partial charge < -0.3 is 14.2 Å². The highest BCUT2D eigenvalue weighted by atomic mass is 16.6.